The molecule has 0 aliphatic heterocycles. The van der Waals surface area contributed by atoms with Gasteiger partial charge in [-0.2, -0.15) is 5.10 Å². The fourth-order valence-electron chi connectivity index (χ4n) is 1.64. The molecule has 0 saturated carbocycles. The number of H-pyrrole nitrogens is 1. The molecular weight excluding hydrogens is 270 g/mol. The van der Waals surface area contributed by atoms with Crippen molar-refractivity contribution < 1.29 is 4.42 Å². The molecule has 0 saturated heterocycles. The highest BCUT2D eigenvalue weighted by Crippen LogP contribution is 2.33. The number of nitrogens with two attached hydrogens (primary N) is 1. The van der Waals surface area contributed by atoms with Crippen molar-refractivity contribution in [2.75, 3.05) is 5.73 Å². The number of hydrogen-bond donors (Lipinski definition) is 2. The average molecular weight is 278 g/mol. The number of anilines is 1. The molecule has 5 heteroatoms. The molecule has 0 fully saturated rings. The summed E-state index contributed by atoms with van der Waals surface area (Å²) in [6.07, 6.45) is 1.57. The van der Waals surface area contributed by atoms with Crippen molar-refractivity contribution in [2.24, 2.45) is 0 Å². The summed E-state index contributed by atoms with van der Waals surface area (Å²) in [5.74, 6) is 0.692. The summed E-state index contributed by atoms with van der Waals surface area (Å²) in [4.78, 5) is 0. The van der Waals surface area contributed by atoms with E-state index in [1.54, 1.807) is 6.20 Å². The number of furan rings is 1. The molecule has 2 heterocycles. The van der Waals surface area contributed by atoms with E-state index < -0.39 is 0 Å². The van der Waals surface area contributed by atoms with Crippen LogP contribution in [-0.2, 0) is 0 Å². The molecular formula is C11H8BrN3O. The molecule has 0 spiro atoms. The highest BCUT2D eigenvalue weighted by molar-refractivity contribution is 9.10. The van der Waals surface area contributed by atoms with Gasteiger partial charge in [0, 0.05) is 5.39 Å². The van der Waals surface area contributed by atoms with Gasteiger partial charge >= 0.3 is 0 Å². The van der Waals surface area contributed by atoms with E-state index in [1.165, 1.54) is 0 Å². The average Bonchev–Trinajstić information content (AvgIpc) is 2.84. The zero-order valence-electron chi connectivity index (χ0n) is 8.20. The van der Waals surface area contributed by atoms with Gasteiger partial charge in [-0.3, -0.25) is 5.10 Å². The number of halogens is 1. The zero-order valence-corrected chi connectivity index (χ0v) is 9.78. The third-order valence-corrected chi connectivity index (χ3v) is 3.04. The third kappa shape index (κ3) is 1.32. The van der Waals surface area contributed by atoms with E-state index in [0.717, 1.165) is 15.4 Å². The first-order valence-corrected chi connectivity index (χ1v) is 5.52. The molecule has 0 radical (unpaired) electrons. The van der Waals surface area contributed by atoms with E-state index in [2.05, 4.69) is 26.1 Å². The maximum atomic E-state index is 5.77. The normalized spacial score (nSPS) is 11.1. The Kier molecular flexibility index (Phi) is 2.00. The highest BCUT2D eigenvalue weighted by Gasteiger charge is 2.11. The van der Waals surface area contributed by atoms with Gasteiger partial charge < -0.3 is 10.2 Å². The van der Waals surface area contributed by atoms with Crippen LogP contribution in [0.5, 0.6) is 0 Å². The Balaban J connectivity index is 2.27. The van der Waals surface area contributed by atoms with Crippen molar-refractivity contribution in [1.82, 2.24) is 10.2 Å². The summed E-state index contributed by atoms with van der Waals surface area (Å²) >= 11 is 3.44. The molecule has 2 aromatic heterocycles. The number of hydrogen-bond acceptors (Lipinski definition) is 3. The van der Waals surface area contributed by atoms with Crippen LogP contribution < -0.4 is 5.73 Å². The van der Waals surface area contributed by atoms with Gasteiger partial charge in [-0.15, -0.1) is 0 Å². The molecule has 3 rings (SSSR count). The SMILES string of the molecule is Nc1cn[nH]c1-c1cc2cccc(Br)c2o1. The number of nitrogens with one attached hydrogen (secondary N) is 1. The summed E-state index contributed by atoms with van der Waals surface area (Å²) in [5.41, 5.74) is 7.87. The Hall–Kier alpha value is -1.75. The highest BCUT2D eigenvalue weighted by atomic mass is 79.9. The lowest BCUT2D eigenvalue weighted by atomic mass is 10.2. The van der Waals surface area contributed by atoms with Crippen molar-refractivity contribution >= 4 is 32.6 Å². The topological polar surface area (TPSA) is 67.8 Å². The van der Waals surface area contributed by atoms with Gasteiger partial charge in [-0.1, -0.05) is 12.1 Å². The van der Waals surface area contributed by atoms with Gasteiger partial charge in [0.25, 0.3) is 0 Å². The van der Waals surface area contributed by atoms with Crippen LogP contribution >= 0.6 is 15.9 Å². The van der Waals surface area contributed by atoms with Gasteiger partial charge in [0.15, 0.2) is 5.76 Å². The summed E-state index contributed by atoms with van der Waals surface area (Å²) < 4.78 is 6.65. The Labute approximate surface area is 99.6 Å². The van der Waals surface area contributed by atoms with E-state index in [4.69, 9.17) is 10.2 Å². The maximum Gasteiger partial charge on any atom is 0.155 e. The monoisotopic (exact) mass is 277 g/mol. The number of aromatic nitrogens is 2. The minimum Gasteiger partial charge on any atom is -0.453 e. The minimum absolute atomic E-state index is 0.579. The summed E-state index contributed by atoms with van der Waals surface area (Å²) in [6, 6.07) is 7.82. The van der Waals surface area contributed by atoms with Crippen LogP contribution in [0.3, 0.4) is 0 Å². The Morgan fingerprint density at radius 3 is 2.94 bits per heavy atom. The number of nitrogens with zero attached hydrogens (tertiary/aromatic N) is 1. The quantitative estimate of drug-likeness (QED) is 0.718. The summed E-state index contributed by atoms with van der Waals surface area (Å²) in [7, 11) is 0. The predicted molar refractivity (Wildman–Crippen MR) is 65.9 cm³/mol. The van der Waals surface area contributed by atoms with Crippen LogP contribution in [0.4, 0.5) is 5.69 Å². The Morgan fingerprint density at radius 1 is 1.38 bits per heavy atom. The summed E-state index contributed by atoms with van der Waals surface area (Å²) in [5, 5.41) is 7.71. The van der Waals surface area contributed by atoms with Gasteiger partial charge in [-0.25, -0.2) is 0 Å². The second-order valence-electron chi connectivity index (χ2n) is 3.47. The van der Waals surface area contributed by atoms with Crippen molar-refractivity contribution in [3.63, 3.8) is 0 Å². The van der Waals surface area contributed by atoms with E-state index >= 15 is 0 Å². The third-order valence-electron chi connectivity index (χ3n) is 2.41. The number of rotatable bonds is 1. The summed E-state index contributed by atoms with van der Waals surface area (Å²) in [6.45, 7) is 0. The molecule has 0 aliphatic rings. The fourth-order valence-corrected chi connectivity index (χ4v) is 2.11. The molecule has 0 bridgehead atoms. The van der Waals surface area contributed by atoms with Gasteiger partial charge in [-0.05, 0) is 28.1 Å². The number of para-hydroxylation sites is 1. The first-order valence-electron chi connectivity index (χ1n) is 4.73. The predicted octanol–water partition coefficient (Wildman–Crippen LogP) is 3.17. The molecule has 0 unspecified atom stereocenters. The number of aromatic amines is 1. The van der Waals surface area contributed by atoms with Crippen LogP contribution in [0.25, 0.3) is 22.4 Å². The van der Waals surface area contributed by atoms with Crippen LogP contribution in [0.1, 0.15) is 0 Å². The van der Waals surface area contributed by atoms with Gasteiger partial charge in [0.05, 0.1) is 16.4 Å². The van der Waals surface area contributed by atoms with E-state index in [0.29, 0.717) is 17.1 Å². The Morgan fingerprint density at radius 2 is 2.25 bits per heavy atom. The molecule has 3 N–H and O–H groups in total. The number of benzene rings is 1. The van der Waals surface area contributed by atoms with Crippen LogP contribution in [0, 0.1) is 0 Å². The first kappa shape index (κ1) is 9.47. The molecule has 0 atom stereocenters. The smallest absolute Gasteiger partial charge is 0.155 e. The van der Waals surface area contributed by atoms with Gasteiger partial charge in [0.2, 0.25) is 0 Å². The maximum absolute atomic E-state index is 5.77. The standard InChI is InChI=1S/C11H8BrN3O/c12-7-3-1-2-6-4-9(16-11(6)7)10-8(13)5-14-15-10/h1-5H,13H2,(H,14,15). The van der Waals surface area contributed by atoms with Crippen LogP contribution in [0.2, 0.25) is 0 Å². The fraction of sp³-hybridized carbons (Fsp3) is 0. The van der Waals surface area contributed by atoms with E-state index in [9.17, 15) is 0 Å². The zero-order chi connectivity index (χ0) is 11.1. The van der Waals surface area contributed by atoms with Crippen molar-refractivity contribution in [1.29, 1.82) is 0 Å². The van der Waals surface area contributed by atoms with Gasteiger partial charge in [0.1, 0.15) is 11.3 Å². The lowest BCUT2D eigenvalue weighted by molar-refractivity contribution is 0.627. The van der Waals surface area contributed by atoms with Crippen LogP contribution in [0.15, 0.2) is 39.4 Å². The van der Waals surface area contributed by atoms with Crippen molar-refractivity contribution in [2.45, 2.75) is 0 Å². The van der Waals surface area contributed by atoms with E-state index in [-0.39, 0.29) is 0 Å². The first-order chi connectivity index (χ1) is 7.75. The second-order valence-corrected chi connectivity index (χ2v) is 4.32. The molecule has 0 amide bonds. The largest absolute Gasteiger partial charge is 0.453 e. The molecule has 0 aliphatic carbocycles. The second kappa shape index (κ2) is 3.38. The van der Waals surface area contributed by atoms with Crippen molar-refractivity contribution in [3.05, 3.63) is 34.9 Å². The van der Waals surface area contributed by atoms with Crippen LogP contribution in [-0.4, -0.2) is 10.2 Å². The molecule has 4 nitrogen and oxygen atoms in total. The number of nitrogen functional groups attached to an aromatic ring is 1. The Bertz CT molecular complexity index is 656. The lowest BCUT2D eigenvalue weighted by Crippen LogP contribution is -1.84. The van der Waals surface area contributed by atoms with Crippen molar-refractivity contribution in [3.8, 4) is 11.5 Å². The number of fused-ring (bicyclic) bond motifs is 1. The lowest BCUT2D eigenvalue weighted by Gasteiger charge is -1.92. The minimum atomic E-state index is 0.579. The molecule has 16 heavy (non-hydrogen) atoms. The molecule has 3 aromatic rings. The van der Waals surface area contributed by atoms with E-state index in [1.807, 2.05) is 24.3 Å². The molecule has 80 valence electrons. The molecule has 1 aromatic carbocycles.